The Labute approximate surface area is 88.0 Å². The Morgan fingerprint density at radius 1 is 1.31 bits per heavy atom. The largest absolute Gasteiger partial charge is 0.302 e. The molecule has 0 fully saturated rings. The van der Waals surface area contributed by atoms with Gasteiger partial charge >= 0.3 is 5.78 Å². The smallest absolute Gasteiger partial charge is 0.256 e. The summed E-state index contributed by atoms with van der Waals surface area (Å²) in [6.07, 6.45) is 3.82. The summed E-state index contributed by atoms with van der Waals surface area (Å²) in [7, 11) is 0. The first kappa shape index (κ1) is 10.6. The van der Waals surface area contributed by atoms with Gasteiger partial charge in [0.25, 0.3) is 0 Å². The maximum Gasteiger partial charge on any atom is 0.302 e. The number of carbonyl (C=O) groups excluding carboxylic acids is 1. The molecule has 0 saturated carbocycles. The summed E-state index contributed by atoms with van der Waals surface area (Å²) >= 11 is 3.28. The van der Waals surface area contributed by atoms with Crippen LogP contribution in [0.5, 0.6) is 0 Å². The Morgan fingerprint density at radius 3 is 2.31 bits per heavy atom. The summed E-state index contributed by atoms with van der Waals surface area (Å²) < 4.78 is 0.664. The van der Waals surface area contributed by atoms with Crippen LogP contribution in [-0.4, -0.2) is 5.78 Å². The first-order chi connectivity index (χ1) is 5.82. The fourth-order valence-corrected chi connectivity index (χ4v) is 1.86. The monoisotopic (exact) mass is 241 g/mol. The Morgan fingerprint density at radius 2 is 1.85 bits per heavy atom. The van der Waals surface area contributed by atoms with Crippen molar-refractivity contribution in [3.05, 3.63) is 28.1 Å². The second-order valence-electron chi connectivity index (χ2n) is 4.37. The van der Waals surface area contributed by atoms with Gasteiger partial charge in [0, 0.05) is 28.3 Å². The highest BCUT2D eigenvalue weighted by Crippen LogP contribution is 2.34. The summed E-state index contributed by atoms with van der Waals surface area (Å²) in [4.78, 5) is 11.7. The van der Waals surface area contributed by atoms with E-state index >= 15 is 0 Å². The number of ketones is 1. The Bertz CT molecular complexity index is 292. The summed E-state index contributed by atoms with van der Waals surface area (Å²) in [6, 6.07) is 0. The van der Waals surface area contributed by atoms with E-state index in [2.05, 4.69) is 36.7 Å². The average molecular weight is 242 g/mol. The highest BCUT2D eigenvalue weighted by Gasteiger charge is 2.36. The van der Waals surface area contributed by atoms with Crippen LogP contribution in [0.15, 0.2) is 22.2 Å². The standard InChI is InChI=1S/C11H14BrO/c1-7-5-8(11(2,3)4)10(13)9(12)6-7/h5-6H,1-4H3/q+1. The van der Waals surface area contributed by atoms with Crippen molar-refractivity contribution in [3.63, 3.8) is 0 Å². The molecule has 0 unspecified atom stereocenters. The zero-order chi connectivity index (χ0) is 10.2. The van der Waals surface area contributed by atoms with Crippen molar-refractivity contribution in [2.75, 3.05) is 0 Å². The number of carbonyl (C=O) groups is 1. The van der Waals surface area contributed by atoms with Crippen LogP contribution in [0.2, 0.25) is 0 Å². The third-order valence-electron chi connectivity index (χ3n) is 2.00. The first-order valence-corrected chi connectivity index (χ1v) is 5.09. The van der Waals surface area contributed by atoms with Crippen LogP contribution >= 0.6 is 15.9 Å². The molecular formula is C11H14BrO+. The van der Waals surface area contributed by atoms with Crippen molar-refractivity contribution in [1.29, 1.82) is 0 Å². The lowest BCUT2D eigenvalue weighted by molar-refractivity contribution is -0.112. The zero-order valence-electron chi connectivity index (χ0n) is 8.44. The highest BCUT2D eigenvalue weighted by molar-refractivity contribution is 9.12. The summed E-state index contributed by atoms with van der Waals surface area (Å²) in [5.74, 6) is 1.23. The molecule has 0 saturated heterocycles. The molecule has 70 valence electrons. The molecule has 0 bridgehead atoms. The van der Waals surface area contributed by atoms with Gasteiger partial charge in [-0.05, 0) is 20.8 Å². The summed E-state index contributed by atoms with van der Waals surface area (Å²) in [5, 5.41) is 0. The van der Waals surface area contributed by atoms with Crippen molar-refractivity contribution in [3.8, 4) is 0 Å². The van der Waals surface area contributed by atoms with Crippen molar-refractivity contribution in [2.45, 2.75) is 27.7 Å². The van der Waals surface area contributed by atoms with E-state index < -0.39 is 0 Å². The SMILES string of the molecule is C[C+]1C=C(Br)C(=O)C(C(C)(C)C)=C1. The van der Waals surface area contributed by atoms with E-state index in [1.165, 1.54) is 0 Å². The number of rotatable bonds is 0. The van der Waals surface area contributed by atoms with E-state index in [0.29, 0.717) is 4.48 Å². The maximum atomic E-state index is 11.7. The highest BCUT2D eigenvalue weighted by atomic mass is 79.9. The molecule has 0 amide bonds. The fraction of sp³-hybridized carbons (Fsp3) is 0.455. The summed E-state index contributed by atoms with van der Waals surface area (Å²) in [6.45, 7) is 8.15. The van der Waals surface area contributed by atoms with Crippen molar-refractivity contribution in [2.24, 2.45) is 5.41 Å². The van der Waals surface area contributed by atoms with E-state index in [1.54, 1.807) is 0 Å². The van der Waals surface area contributed by atoms with Crippen LogP contribution in [0, 0.1) is 11.3 Å². The first-order valence-electron chi connectivity index (χ1n) is 4.30. The molecule has 2 heteroatoms. The van der Waals surface area contributed by atoms with Crippen LogP contribution in [0.1, 0.15) is 27.7 Å². The topological polar surface area (TPSA) is 17.1 Å². The molecule has 1 aliphatic carbocycles. The number of hydrogen-bond acceptors (Lipinski definition) is 1. The number of halogens is 1. The maximum absolute atomic E-state index is 11.7. The molecule has 1 aliphatic rings. The third kappa shape index (κ3) is 2.25. The van der Waals surface area contributed by atoms with Gasteiger partial charge in [-0.1, -0.05) is 0 Å². The van der Waals surface area contributed by atoms with Gasteiger partial charge in [-0.15, -0.1) is 0 Å². The number of Topliss-reactive ketones (excluding diaryl/α,β-unsaturated/α-hetero) is 1. The molecule has 0 N–H and O–H groups in total. The van der Waals surface area contributed by atoms with Gasteiger partial charge in [-0.2, -0.15) is 0 Å². The third-order valence-corrected chi connectivity index (χ3v) is 2.58. The predicted molar refractivity (Wildman–Crippen MR) is 58.5 cm³/mol. The molecule has 0 aromatic heterocycles. The Balaban J connectivity index is 3.06. The van der Waals surface area contributed by atoms with Crippen LogP contribution in [0.3, 0.4) is 0 Å². The van der Waals surface area contributed by atoms with Gasteiger partial charge in [-0.25, -0.2) is 0 Å². The Kier molecular flexibility index (Phi) is 2.71. The Hall–Kier alpha value is -0.500. The van der Waals surface area contributed by atoms with Crippen molar-refractivity contribution < 1.29 is 4.79 Å². The molecule has 0 radical (unpaired) electrons. The molecule has 0 aromatic rings. The lowest BCUT2D eigenvalue weighted by Gasteiger charge is -2.18. The molecule has 0 aliphatic heterocycles. The summed E-state index contributed by atoms with van der Waals surface area (Å²) in [5.41, 5.74) is 0.797. The van der Waals surface area contributed by atoms with Crippen LogP contribution in [0.4, 0.5) is 0 Å². The lowest BCUT2D eigenvalue weighted by Crippen LogP contribution is -2.21. The molecule has 1 nitrogen and oxygen atoms in total. The predicted octanol–water partition coefficient (Wildman–Crippen LogP) is 3.41. The van der Waals surface area contributed by atoms with Crippen molar-refractivity contribution >= 4 is 21.7 Å². The van der Waals surface area contributed by atoms with Gasteiger partial charge < -0.3 is 0 Å². The minimum absolute atomic E-state index is 0.0778. The quantitative estimate of drug-likeness (QED) is 0.595. The van der Waals surface area contributed by atoms with E-state index in [-0.39, 0.29) is 11.2 Å². The normalized spacial score (nSPS) is 18.5. The van der Waals surface area contributed by atoms with Gasteiger partial charge in [0.05, 0.1) is 18.1 Å². The fourth-order valence-electron chi connectivity index (χ4n) is 1.29. The number of allylic oxidation sites excluding steroid dienone is 4. The van der Waals surface area contributed by atoms with E-state index in [4.69, 9.17) is 0 Å². The van der Waals surface area contributed by atoms with Crippen LogP contribution in [-0.2, 0) is 4.79 Å². The average Bonchev–Trinajstić information content (AvgIpc) is 1.94. The van der Waals surface area contributed by atoms with Gasteiger partial charge in [0.15, 0.2) is 4.48 Å². The van der Waals surface area contributed by atoms with Crippen molar-refractivity contribution in [1.82, 2.24) is 0 Å². The second kappa shape index (κ2) is 3.33. The molecule has 13 heavy (non-hydrogen) atoms. The molecule has 1 rings (SSSR count). The van der Waals surface area contributed by atoms with E-state index in [9.17, 15) is 4.79 Å². The zero-order valence-corrected chi connectivity index (χ0v) is 10.0. The lowest BCUT2D eigenvalue weighted by atomic mass is 9.80. The molecule has 0 atom stereocenters. The van der Waals surface area contributed by atoms with Gasteiger partial charge in [-0.3, -0.25) is 4.79 Å². The second-order valence-corrected chi connectivity index (χ2v) is 5.23. The molecule has 0 spiro atoms. The molecule has 0 heterocycles. The number of hydrogen-bond donors (Lipinski definition) is 0. The molecule has 0 aromatic carbocycles. The molecular weight excluding hydrogens is 228 g/mol. The minimum Gasteiger partial charge on any atom is -0.256 e. The van der Waals surface area contributed by atoms with E-state index in [0.717, 1.165) is 11.5 Å². The van der Waals surface area contributed by atoms with Crippen LogP contribution in [0.25, 0.3) is 0 Å². The van der Waals surface area contributed by atoms with Gasteiger partial charge in [0.1, 0.15) is 5.57 Å². The van der Waals surface area contributed by atoms with E-state index in [1.807, 2.05) is 19.1 Å². The van der Waals surface area contributed by atoms with Crippen LogP contribution < -0.4 is 0 Å². The minimum atomic E-state index is -0.0778. The van der Waals surface area contributed by atoms with Gasteiger partial charge in [0.2, 0.25) is 0 Å².